The molecule has 0 bridgehead atoms. The van der Waals surface area contributed by atoms with Crippen LogP contribution in [0.2, 0.25) is 0 Å². The Bertz CT molecular complexity index is 373. The summed E-state index contributed by atoms with van der Waals surface area (Å²) in [5.74, 6) is -1.42. The van der Waals surface area contributed by atoms with Gasteiger partial charge in [0.1, 0.15) is 10.7 Å². The van der Waals surface area contributed by atoms with Crippen LogP contribution in [0.15, 0.2) is 6.07 Å². The molecule has 1 rings (SSSR count). The molecule has 2 N–H and O–H groups in total. The van der Waals surface area contributed by atoms with E-state index in [1.807, 2.05) is 0 Å². The van der Waals surface area contributed by atoms with Gasteiger partial charge in [0, 0.05) is 17.7 Å². The monoisotopic (exact) mass is 215 g/mol. The largest absolute Gasteiger partial charge is 0.370 e. The van der Waals surface area contributed by atoms with E-state index in [1.165, 1.54) is 6.07 Å². The summed E-state index contributed by atoms with van der Waals surface area (Å²) in [5, 5.41) is 0. The van der Waals surface area contributed by atoms with E-state index in [9.17, 15) is 14.0 Å². The highest BCUT2D eigenvalue weighted by Gasteiger charge is 2.15. The predicted octanol–water partition coefficient (Wildman–Crippen LogP) is 1.64. The number of hydrogen-bond acceptors (Lipinski definition) is 3. The van der Waals surface area contributed by atoms with E-state index in [-0.39, 0.29) is 23.5 Å². The van der Waals surface area contributed by atoms with Crippen molar-refractivity contribution in [3.05, 3.63) is 21.6 Å². The molecule has 0 aliphatic rings. The molecule has 0 unspecified atom stereocenters. The lowest BCUT2D eigenvalue weighted by molar-refractivity contribution is -0.118. The van der Waals surface area contributed by atoms with Crippen LogP contribution < -0.4 is 5.73 Å². The van der Waals surface area contributed by atoms with Crippen LogP contribution in [-0.2, 0) is 4.79 Å². The summed E-state index contributed by atoms with van der Waals surface area (Å²) >= 11 is 1.10. The van der Waals surface area contributed by atoms with Gasteiger partial charge in [-0.15, -0.1) is 11.3 Å². The third kappa shape index (κ3) is 2.63. The van der Waals surface area contributed by atoms with Crippen molar-refractivity contribution in [2.24, 2.45) is 5.73 Å². The molecule has 3 nitrogen and oxygen atoms in total. The Balaban J connectivity index is 2.69. The molecule has 1 aromatic rings. The number of primary amides is 1. The quantitative estimate of drug-likeness (QED) is 0.776. The summed E-state index contributed by atoms with van der Waals surface area (Å²) in [7, 11) is 0. The SMILES string of the molecule is Cc1cc(F)c(C(=O)CCC(N)=O)s1. The molecule has 1 amide bonds. The Hall–Kier alpha value is -1.23. The van der Waals surface area contributed by atoms with Crippen molar-refractivity contribution in [2.75, 3.05) is 0 Å². The molecular weight excluding hydrogens is 205 g/mol. The van der Waals surface area contributed by atoms with E-state index < -0.39 is 11.7 Å². The molecule has 0 spiro atoms. The van der Waals surface area contributed by atoms with Gasteiger partial charge in [-0.05, 0) is 13.0 Å². The van der Waals surface area contributed by atoms with E-state index in [2.05, 4.69) is 0 Å². The summed E-state index contributed by atoms with van der Waals surface area (Å²) in [6.45, 7) is 1.72. The summed E-state index contributed by atoms with van der Waals surface area (Å²) in [5.41, 5.74) is 4.88. The number of ketones is 1. The summed E-state index contributed by atoms with van der Waals surface area (Å²) in [4.78, 5) is 22.6. The first-order valence-electron chi connectivity index (χ1n) is 4.08. The molecule has 14 heavy (non-hydrogen) atoms. The van der Waals surface area contributed by atoms with Crippen LogP contribution >= 0.6 is 11.3 Å². The third-order valence-corrected chi connectivity index (χ3v) is 2.73. The molecule has 0 radical (unpaired) electrons. The highest BCUT2D eigenvalue weighted by molar-refractivity contribution is 7.14. The number of amides is 1. The Kier molecular flexibility index (Phi) is 3.35. The van der Waals surface area contributed by atoms with E-state index in [0.29, 0.717) is 0 Å². The fourth-order valence-corrected chi connectivity index (χ4v) is 1.88. The standard InChI is InChI=1S/C9H10FNO2S/c1-5-4-6(10)9(14-5)7(12)2-3-8(11)13/h4H,2-3H2,1H3,(H2,11,13). The lowest BCUT2D eigenvalue weighted by atomic mass is 10.2. The Morgan fingerprint density at radius 1 is 1.50 bits per heavy atom. The average molecular weight is 215 g/mol. The lowest BCUT2D eigenvalue weighted by Crippen LogP contribution is -2.12. The van der Waals surface area contributed by atoms with Crippen molar-refractivity contribution in [1.29, 1.82) is 0 Å². The van der Waals surface area contributed by atoms with E-state index in [1.54, 1.807) is 6.92 Å². The smallest absolute Gasteiger partial charge is 0.217 e. The van der Waals surface area contributed by atoms with Crippen LogP contribution in [-0.4, -0.2) is 11.7 Å². The van der Waals surface area contributed by atoms with Crippen molar-refractivity contribution in [1.82, 2.24) is 0 Å². The van der Waals surface area contributed by atoms with Crippen LogP contribution in [0.25, 0.3) is 0 Å². The van der Waals surface area contributed by atoms with Crippen LogP contribution in [0.4, 0.5) is 4.39 Å². The highest BCUT2D eigenvalue weighted by Crippen LogP contribution is 2.21. The number of halogens is 1. The van der Waals surface area contributed by atoms with Crippen molar-refractivity contribution in [3.63, 3.8) is 0 Å². The fourth-order valence-electron chi connectivity index (χ4n) is 1.02. The first-order valence-corrected chi connectivity index (χ1v) is 4.90. The molecule has 5 heteroatoms. The first kappa shape index (κ1) is 10.8. The maximum Gasteiger partial charge on any atom is 0.217 e. The summed E-state index contributed by atoms with van der Waals surface area (Å²) in [6.07, 6.45) is -0.0541. The van der Waals surface area contributed by atoms with Crippen LogP contribution in [0.5, 0.6) is 0 Å². The summed E-state index contributed by atoms with van der Waals surface area (Å²) in [6, 6.07) is 1.31. The minimum absolute atomic E-state index is 0.0216. The molecule has 0 saturated carbocycles. The second-order valence-electron chi connectivity index (χ2n) is 2.92. The van der Waals surface area contributed by atoms with Crippen LogP contribution in [0, 0.1) is 12.7 Å². The van der Waals surface area contributed by atoms with Crippen molar-refractivity contribution < 1.29 is 14.0 Å². The number of carbonyl (C=O) groups is 2. The Morgan fingerprint density at radius 2 is 2.14 bits per heavy atom. The molecular formula is C9H10FNO2S. The molecule has 0 saturated heterocycles. The number of thiophene rings is 1. The zero-order valence-electron chi connectivity index (χ0n) is 7.67. The lowest BCUT2D eigenvalue weighted by Gasteiger charge is -1.95. The number of carbonyl (C=O) groups excluding carboxylic acids is 2. The molecule has 0 atom stereocenters. The van der Waals surface area contributed by atoms with Crippen molar-refractivity contribution in [3.8, 4) is 0 Å². The molecule has 0 aliphatic heterocycles. The topological polar surface area (TPSA) is 60.2 Å². The zero-order chi connectivity index (χ0) is 10.7. The van der Waals surface area contributed by atoms with Gasteiger partial charge in [-0.1, -0.05) is 0 Å². The molecule has 1 aromatic heterocycles. The second-order valence-corrected chi connectivity index (χ2v) is 4.18. The van der Waals surface area contributed by atoms with Gasteiger partial charge in [-0.2, -0.15) is 0 Å². The third-order valence-electron chi connectivity index (χ3n) is 1.66. The molecule has 0 aromatic carbocycles. The average Bonchev–Trinajstić information content (AvgIpc) is 2.41. The predicted molar refractivity (Wildman–Crippen MR) is 51.8 cm³/mol. The maximum atomic E-state index is 13.1. The number of nitrogens with two attached hydrogens (primary N) is 1. The second kappa shape index (κ2) is 4.32. The fraction of sp³-hybridized carbons (Fsp3) is 0.333. The van der Waals surface area contributed by atoms with Gasteiger partial charge in [0.05, 0.1) is 0 Å². The molecule has 0 aliphatic carbocycles. The normalized spacial score (nSPS) is 10.1. The zero-order valence-corrected chi connectivity index (χ0v) is 8.49. The molecule has 0 fully saturated rings. The summed E-state index contributed by atoms with van der Waals surface area (Å²) < 4.78 is 13.1. The van der Waals surface area contributed by atoms with Gasteiger partial charge in [0.2, 0.25) is 5.91 Å². The minimum Gasteiger partial charge on any atom is -0.370 e. The van der Waals surface area contributed by atoms with Crippen molar-refractivity contribution in [2.45, 2.75) is 19.8 Å². The Labute approximate surface area is 84.7 Å². The molecule has 1 heterocycles. The van der Waals surface area contributed by atoms with Gasteiger partial charge in [0.25, 0.3) is 0 Å². The maximum absolute atomic E-state index is 13.1. The number of hydrogen-bond donors (Lipinski definition) is 1. The Morgan fingerprint density at radius 3 is 2.57 bits per heavy atom. The minimum atomic E-state index is -0.549. The van der Waals surface area contributed by atoms with Gasteiger partial charge >= 0.3 is 0 Å². The van der Waals surface area contributed by atoms with Crippen LogP contribution in [0.3, 0.4) is 0 Å². The van der Waals surface area contributed by atoms with Gasteiger partial charge < -0.3 is 5.73 Å². The first-order chi connectivity index (χ1) is 6.50. The number of aryl methyl sites for hydroxylation is 1. The van der Waals surface area contributed by atoms with Crippen LogP contribution in [0.1, 0.15) is 27.4 Å². The van der Waals surface area contributed by atoms with Crippen molar-refractivity contribution >= 4 is 23.0 Å². The highest BCUT2D eigenvalue weighted by atomic mass is 32.1. The van der Waals surface area contributed by atoms with Gasteiger partial charge in [0.15, 0.2) is 5.78 Å². The van der Waals surface area contributed by atoms with E-state index >= 15 is 0 Å². The van der Waals surface area contributed by atoms with E-state index in [4.69, 9.17) is 5.73 Å². The van der Waals surface area contributed by atoms with E-state index in [0.717, 1.165) is 16.2 Å². The van der Waals surface area contributed by atoms with Gasteiger partial charge in [-0.3, -0.25) is 9.59 Å². The number of rotatable bonds is 4. The molecule has 76 valence electrons. The van der Waals surface area contributed by atoms with Gasteiger partial charge in [-0.25, -0.2) is 4.39 Å². The number of Topliss-reactive ketones (excluding diaryl/α,β-unsaturated/α-hetero) is 1.